The Hall–Kier alpha value is -1.20. The van der Waals surface area contributed by atoms with Crippen molar-refractivity contribution in [3.63, 3.8) is 0 Å². The van der Waals surface area contributed by atoms with Crippen molar-refractivity contribution in [3.8, 4) is 10.6 Å². The fourth-order valence-corrected chi connectivity index (χ4v) is 4.01. The first-order valence-corrected chi connectivity index (χ1v) is 8.08. The highest BCUT2D eigenvalue weighted by atomic mass is 79.9. The number of hydrogen-bond acceptors (Lipinski definition) is 3. The monoisotopic (exact) mass is 351 g/mol. The van der Waals surface area contributed by atoms with Gasteiger partial charge in [0.15, 0.2) is 0 Å². The molecule has 0 bridgehead atoms. The number of carboxylic acids is 1. The molecule has 0 saturated heterocycles. The normalized spacial score (nSPS) is 17.2. The van der Waals surface area contributed by atoms with E-state index in [0.717, 1.165) is 32.0 Å². The predicted octanol–water partition coefficient (Wildman–Crippen LogP) is 4.30. The van der Waals surface area contributed by atoms with Gasteiger partial charge >= 0.3 is 5.97 Å². The molecule has 1 aromatic carbocycles. The van der Waals surface area contributed by atoms with Crippen LogP contribution in [0.4, 0.5) is 0 Å². The lowest BCUT2D eigenvalue weighted by Crippen LogP contribution is -2.08. The predicted molar refractivity (Wildman–Crippen MR) is 83.4 cm³/mol. The van der Waals surface area contributed by atoms with Crippen LogP contribution in [0, 0.1) is 13.8 Å². The Morgan fingerprint density at radius 3 is 2.65 bits per heavy atom. The number of halogens is 1. The highest BCUT2D eigenvalue weighted by Crippen LogP contribution is 2.40. The second kappa shape index (κ2) is 4.97. The van der Waals surface area contributed by atoms with E-state index in [-0.39, 0.29) is 0 Å². The van der Waals surface area contributed by atoms with E-state index in [1.807, 2.05) is 0 Å². The largest absolute Gasteiger partial charge is 0.481 e. The molecule has 0 fully saturated rings. The summed E-state index contributed by atoms with van der Waals surface area (Å²) in [5.41, 5.74) is 4.19. The highest BCUT2D eigenvalue weighted by Gasteiger charge is 2.32. The zero-order valence-electron chi connectivity index (χ0n) is 11.2. The van der Waals surface area contributed by atoms with E-state index < -0.39 is 11.9 Å². The third kappa shape index (κ3) is 2.19. The summed E-state index contributed by atoms with van der Waals surface area (Å²) in [5, 5.41) is 10.2. The molecule has 0 amide bonds. The van der Waals surface area contributed by atoms with Gasteiger partial charge in [0.1, 0.15) is 10.9 Å². The molecule has 20 heavy (non-hydrogen) atoms. The maximum Gasteiger partial charge on any atom is 0.312 e. The summed E-state index contributed by atoms with van der Waals surface area (Å²) in [5.74, 6) is -1.18. The molecule has 1 heterocycles. The smallest absolute Gasteiger partial charge is 0.312 e. The number of aryl methyl sites for hydroxylation is 3. The number of carbonyl (C=O) groups is 1. The lowest BCUT2D eigenvalue weighted by Gasteiger charge is -2.06. The van der Waals surface area contributed by atoms with Crippen LogP contribution < -0.4 is 0 Å². The Kier molecular flexibility index (Phi) is 3.42. The van der Waals surface area contributed by atoms with Crippen molar-refractivity contribution < 1.29 is 9.90 Å². The Morgan fingerprint density at radius 2 is 2.05 bits per heavy atom. The molecule has 0 saturated carbocycles. The number of nitrogens with zero attached hydrogens (tertiary/aromatic N) is 1. The number of thiazole rings is 1. The minimum absolute atomic E-state index is 0.423. The summed E-state index contributed by atoms with van der Waals surface area (Å²) in [6.07, 6.45) is 1.51. The van der Waals surface area contributed by atoms with Crippen molar-refractivity contribution in [1.82, 2.24) is 4.98 Å². The highest BCUT2D eigenvalue weighted by molar-refractivity contribution is 9.10. The molecule has 1 aliphatic rings. The number of hydrogen-bond donors (Lipinski definition) is 1. The first-order valence-electron chi connectivity index (χ1n) is 6.47. The van der Waals surface area contributed by atoms with Crippen molar-refractivity contribution in [3.05, 3.63) is 38.3 Å². The van der Waals surface area contributed by atoms with Crippen LogP contribution in [0.25, 0.3) is 10.6 Å². The third-order valence-electron chi connectivity index (χ3n) is 3.70. The lowest BCUT2D eigenvalue weighted by molar-refractivity contribution is -0.138. The van der Waals surface area contributed by atoms with Crippen LogP contribution in [-0.2, 0) is 11.2 Å². The van der Waals surface area contributed by atoms with Gasteiger partial charge in [-0.2, -0.15) is 0 Å². The quantitative estimate of drug-likeness (QED) is 0.877. The van der Waals surface area contributed by atoms with E-state index in [2.05, 4.69) is 46.9 Å². The molecule has 2 aromatic rings. The topological polar surface area (TPSA) is 50.2 Å². The Labute approximate surface area is 129 Å². The van der Waals surface area contributed by atoms with Crippen molar-refractivity contribution in [1.29, 1.82) is 0 Å². The molecule has 0 spiro atoms. The van der Waals surface area contributed by atoms with Crippen molar-refractivity contribution in [2.24, 2.45) is 0 Å². The Morgan fingerprint density at radius 1 is 1.40 bits per heavy atom. The zero-order chi connectivity index (χ0) is 14.4. The average molecular weight is 352 g/mol. The summed E-state index contributed by atoms with van der Waals surface area (Å²) in [4.78, 5) is 16.9. The van der Waals surface area contributed by atoms with E-state index >= 15 is 0 Å². The number of carboxylic acid groups (broad SMARTS) is 1. The summed E-state index contributed by atoms with van der Waals surface area (Å²) in [6, 6.07) is 4.20. The fraction of sp³-hybridized carbons (Fsp3) is 0.333. The van der Waals surface area contributed by atoms with Gasteiger partial charge in [-0.1, -0.05) is 15.9 Å². The SMILES string of the molecule is Cc1cc(-c2nc3c(s2)CCC3C(=O)O)cc(C)c1Br. The molecule has 3 rings (SSSR count). The number of benzene rings is 1. The number of rotatable bonds is 2. The van der Waals surface area contributed by atoms with Crippen LogP contribution in [-0.4, -0.2) is 16.1 Å². The summed E-state index contributed by atoms with van der Waals surface area (Å²) >= 11 is 5.19. The van der Waals surface area contributed by atoms with E-state index in [4.69, 9.17) is 0 Å². The van der Waals surface area contributed by atoms with E-state index in [0.29, 0.717) is 6.42 Å². The first-order chi connectivity index (χ1) is 9.47. The van der Waals surface area contributed by atoms with E-state index in [9.17, 15) is 9.90 Å². The van der Waals surface area contributed by atoms with Gasteiger partial charge in [-0.05, 0) is 49.9 Å². The van der Waals surface area contributed by atoms with Crippen LogP contribution in [0.5, 0.6) is 0 Å². The molecule has 1 N–H and O–H groups in total. The van der Waals surface area contributed by atoms with E-state index in [1.54, 1.807) is 11.3 Å². The second-order valence-electron chi connectivity index (χ2n) is 5.18. The number of aromatic nitrogens is 1. The molecular weight excluding hydrogens is 338 g/mol. The molecule has 0 aliphatic heterocycles. The maximum atomic E-state index is 11.2. The van der Waals surface area contributed by atoms with Crippen molar-refractivity contribution in [2.45, 2.75) is 32.6 Å². The maximum absolute atomic E-state index is 11.2. The summed E-state index contributed by atoms with van der Waals surface area (Å²) in [6.45, 7) is 4.11. The molecule has 104 valence electrons. The Balaban J connectivity index is 2.05. The van der Waals surface area contributed by atoms with Gasteiger partial charge in [0.2, 0.25) is 0 Å². The second-order valence-corrected chi connectivity index (χ2v) is 7.06. The average Bonchev–Trinajstić information content (AvgIpc) is 2.94. The van der Waals surface area contributed by atoms with Gasteiger partial charge in [0.25, 0.3) is 0 Å². The number of aliphatic carboxylic acids is 1. The Bertz CT molecular complexity index is 685. The van der Waals surface area contributed by atoms with Gasteiger partial charge in [0.05, 0.1) is 5.69 Å². The molecule has 1 atom stereocenters. The summed E-state index contributed by atoms with van der Waals surface area (Å²) in [7, 11) is 0. The third-order valence-corrected chi connectivity index (χ3v) is 6.13. The minimum atomic E-state index is -0.760. The summed E-state index contributed by atoms with van der Waals surface area (Å²) < 4.78 is 1.12. The van der Waals surface area contributed by atoms with E-state index in [1.165, 1.54) is 11.1 Å². The van der Waals surface area contributed by atoms with Crippen LogP contribution in [0.1, 0.15) is 34.0 Å². The van der Waals surface area contributed by atoms with Crippen molar-refractivity contribution >= 4 is 33.2 Å². The standard InChI is InChI=1S/C15H14BrNO2S/c1-7-5-9(6-8(2)12(7)16)14-17-13-10(15(18)19)3-4-11(13)20-14/h5-6,10H,3-4H2,1-2H3,(H,18,19). The van der Waals surface area contributed by atoms with Crippen LogP contribution in [0.3, 0.4) is 0 Å². The molecular formula is C15H14BrNO2S. The lowest BCUT2D eigenvalue weighted by atomic mass is 10.1. The van der Waals surface area contributed by atoms with Gasteiger partial charge in [0, 0.05) is 14.9 Å². The van der Waals surface area contributed by atoms with Gasteiger partial charge in [-0.3, -0.25) is 4.79 Å². The molecule has 1 aliphatic carbocycles. The number of fused-ring (bicyclic) bond motifs is 1. The molecule has 1 unspecified atom stereocenters. The molecule has 1 aromatic heterocycles. The first kappa shape index (κ1) is 13.8. The zero-order valence-corrected chi connectivity index (χ0v) is 13.6. The fourth-order valence-electron chi connectivity index (χ4n) is 2.66. The minimum Gasteiger partial charge on any atom is -0.481 e. The molecule has 5 heteroatoms. The van der Waals surface area contributed by atoms with Crippen molar-refractivity contribution in [2.75, 3.05) is 0 Å². The van der Waals surface area contributed by atoms with Gasteiger partial charge < -0.3 is 5.11 Å². The van der Waals surface area contributed by atoms with Crippen LogP contribution >= 0.6 is 27.3 Å². The van der Waals surface area contributed by atoms with Gasteiger partial charge in [-0.25, -0.2) is 4.98 Å². The molecule has 0 radical (unpaired) electrons. The van der Waals surface area contributed by atoms with Crippen LogP contribution in [0.15, 0.2) is 16.6 Å². The van der Waals surface area contributed by atoms with Crippen LogP contribution in [0.2, 0.25) is 0 Å². The van der Waals surface area contributed by atoms with Gasteiger partial charge in [-0.15, -0.1) is 11.3 Å². The molecule has 3 nitrogen and oxygen atoms in total.